The van der Waals surface area contributed by atoms with Gasteiger partial charge >= 0.3 is 13.1 Å². The van der Waals surface area contributed by atoms with Gasteiger partial charge < -0.3 is 19.7 Å². The van der Waals surface area contributed by atoms with Crippen LogP contribution in [0.4, 0.5) is 0 Å². The number of ether oxygens (including phenoxy) is 1. The minimum Gasteiger partial charge on any atom is -0.467 e. The van der Waals surface area contributed by atoms with Crippen LogP contribution in [-0.4, -0.2) is 37.2 Å². The Bertz CT molecular complexity index is 519. The standard InChI is InChI=1S/C12H14BNO5/c1-7(12(16)18-2)14-11(15)8-3-4-9-6-19-13(17)10(9)5-8/h3-5,7,17H,6H2,1-2H3,(H,14,15)/t7-/m0/s1. The van der Waals surface area contributed by atoms with E-state index in [1.165, 1.54) is 14.0 Å². The van der Waals surface area contributed by atoms with E-state index in [2.05, 4.69) is 10.1 Å². The molecule has 0 fully saturated rings. The lowest BCUT2D eigenvalue weighted by molar-refractivity contribution is -0.142. The Hall–Kier alpha value is -1.86. The van der Waals surface area contributed by atoms with Gasteiger partial charge in [0.2, 0.25) is 0 Å². The fraction of sp³-hybridized carbons (Fsp3) is 0.333. The zero-order valence-corrected chi connectivity index (χ0v) is 10.7. The molecule has 0 spiro atoms. The van der Waals surface area contributed by atoms with Gasteiger partial charge in [-0.3, -0.25) is 4.79 Å². The van der Waals surface area contributed by atoms with Crippen LogP contribution in [0, 0.1) is 0 Å². The zero-order valence-electron chi connectivity index (χ0n) is 10.7. The summed E-state index contributed by atoms with van der Waals surface area (Å²) >= 11 is 0. The number of benzene rings is 1. The van der Waals surface area contributed by atoms with Gasteiger partial charge in [0.05, 0.1) is 13.7 Å². The number of rotatable bonds is 3. The van der Waals surface area contributed by atoms with Crippen molar-refractivity contribution in [3.63, 3.8) is 0 Å². The third-order valence-corrected chi connectivity index (χ3v) is 2.97. The number of carbonyl (C=O) groups excluding carboxylic acids is 2. The van der Waals surface area contributed by atoms with Gasteiger partial charge in [0.1, 0.15) is 6.04 Å². The summed E-state index contributed by atoms with van der Waals surface area (Å²) in [7, 11) is 0.259. The molecule has 1 aliphatic rings. The van der Waals surface area contributed by atoms with E-state index in [9.17, 15) is 14.6 Å². The topological polar surface area (TPSA) is 84.9 Å². The third kappa shape index (κ3) is 2.77. The van der Waals surface area contributed by atoms with Crippen LogP contribution < -0.4 is 10.8 Å². The molecule has 19 heavy (non-hydrogen) atoms. The number of hydrogen-bond acceptors (Lipinski definition) is 5. The van der Waals surface area contributed by atoms with Gasteiger partial charge in [0.25, 0.3) is 5.91 Å². The van der Waals surface area contributed by atoms with E-state index in [-0.39, 0.29) is 0 Å². The molecule has 0 bridgehead atoms. The van der Waals surface area contributed by atoms with Crippen molar-refractivity contribution in [2.24, 2.45) is 0 Å². The van der Waals surface area contributed by atoms with Gasteiger partial charge in [-0.15, -0.1) is 0 Å². The molecule has 100 valence electrons. The molecule has 0 saturated heterocycles. The van der Waals surface area contributed by atoms with E-state index in [0.29, 0.717) is 17.6 Å². The van der Waals surface area contributed by atoms with Crippen molar-refractivity contribution in [3.05, 3.63) is 29.3 Å². The number of fused-ring (bicyclic) bond motifs is 1. The molecule has 0 saturated carbocycles. The van der Waals surface area contributed by atoms with Crippen LogP contribution >= 0.6 is 0 Å². The molecule has 1 aliphatic heterocycles. The van der Waals surface area contributed by atoms with Crippen molar-refractivity contribution in [1.29, 1.82) is 0 Å². The fourth-order valence-corrected chi connectivity index (χ4v) is 1.87. The first-order valence-electron chi connectivity index (χ1n) is 5.84. The number of methoxy groups -OCH3 is 1. The molecule has 2 N–H and O–H groups in total. The quantitative estimate of drug-likeness (QED) is 0.550. The van der Waals surface area contributed by atoms with Crippen molar-refractivity contribution >= 4 is 24.5 Å². The number of nitrogens with one attached hydrogen (secondary N) is 1. The summed E-state index contributed by atoms with van der Waals surface area (Å²) in [4.78, 5) is 23.2. The maximum absolute atomic E-state index is 11.9. The highest BCUT2D eigenvalue weighted by molar-refractivity contribution is 6.61. The maximum Gasteiger partial charge on any atom is 0.491 e. The van der Waals surface area contributed by atoms with Gasteiger partial charge in [-0.05, 0) is 30.1 Å². The monoisotopic (exact) mass is 263 g/mol. The largest absolute Gasteiger partial charge is 0.491 e. The SMILES string of the molecule is COC(=O)[C@H](C)NC(=O)c1ccc2c(c1)B(O)OC2. The average Bonchev–Trinajstić information content (AvgIpc) is 2.78. The van der Waals surface area contributed by atoms with Crippen LogP contribution in [0.5, 0.6) is 0 Å². The van der Waals surface area contributed by atoms with Crippen molar-refractivity contribution in [2.45, 2.75) is 19.6 Å². The molecule has 0 unspecified atom stereocenters. The molecular formula is C12H14BNO5. The molecule has 1 atom stereocenters. The summed E-state index contributed by atoms with van der Waals surface area (Å²) in [6.45, 7) is 1.87. The second kappa shape index (κ2) is 5.42. The third-order valence-electron chi connectivity index (χ3n) is 2.97. The number of carbonyl (C=O) groups is 2. The number of amides is 1. The van der Waals surface area contributed by atoms with Crippen LogP contribution in [0.1, 0.15) is 22.8 Å². The molecular weight excluding hydrogens is 249 g/mol. The zero-order chi connectivity index (χ0) is 14.0. The summed E-state index contributed by atoms with van der Waals surface area (Å²) in [5.74, 6) is -0.919. The molecule has 1 aromatic rings. The minimum absolute atomic E-state index is 0.330. The predicted octanol–water partition coefficient (Wildman–Crippen LogP) is -0.804. The van der Waals surface area contributed by atoms with E-state index in [1.807, 2.05) is 0 Å². The van der Waals surface area contributed by atoms with E-state index in [0.717, 1.165) is 5.56 Å². The fourth-order valence-electron chi connectivity index (χ4n) is 1.87. The van der Waals surface area contributed by atoms with Crippen molar-refractivity contribution < 1.29 is 24.0 Å². The van der Waals surface area contributed by atoms with Crippen LogP contribution in [-0.2, 0) is 20.8 Å². The molecule has 1 amide bonds. The normalized spacial score (nSPS) is 14.8. The predicted molar refractivity (Wildman–Crippen MR) is 67.8 cm³/mol. The molecule has 0 aromatic heterocycles. The van der Waals surface area contributed by atoms with Gasteiger partial charge in [0.15, 0.2) is 0 Å². The smallest absolute Gasteiger partial charge is 0.467 e. The Kier molecular flexibility index (Phi) is 3.87. The summed E-state index contributed by atoms with van der Waals surface area (Å²) in [5.41, 5.74) is 1.79. The van der Waals surface area contributed by atoms with E-state index < -0.39 is 25.0 Å². The van der Waals surface area contributed by atoms with Crippen molar-refractivity contribution in [3.8, 4) is 0 Å². The van der Waals surface area contributed by atoms with Crippen LogP contribution in [0.3, 0.4) is 0 Å². The Morgan fingerprint density at radius 1 is 1.53 bits per heavy atom. The van der Waals surface area contributed by atoms with Crippen molar-refractivity contribution in [1.82, 2.24) is 5.32 Å². The number of hydrogen-bond donors (Lipinski definition) is 2. The lowest BCUT2D eigenvalue weighted by Crippen LogP contribution is -2.39. The van der Waals surface area contributed by atoms with Crippen molar-refractivity contribution in [2.75, 3.05) is 7.11 Å². The summed E-state index contributed by atoms with van der Waals surface area (Å²) in [6.07, 6.45) is 0. The highest BCUT2D eigenvalue weighted by atomic mass is 16.5. The Labute approximate surface area is 110 Å². The van der Waals surface area contributed by atoms with E-state index >= 15 is 0 Å². The highest BCUT2D eigenvalue weighted by Gasteiger charge is 2.28. The summed E-state index contributed by atoms with van der Waals surface area (Å²) in [6, 6.07) is 4.18. The molecule has 1 heterocycles. The summed E-state index contributed by atoms with van der Waals surface area (Å²) < 4.78 is 9.57. The molecule has 0 radical (unpaired) electrons. The number of esters is 1. The van der Waals surface area contributed by atoms with E-state index in [4.69, 9.17) is 4.65 Å². The van der Waals surface area contributed by atoms with Crippen LogP contribution in [0.2, 0.25) is 0 Å². The molecule has 1 aromatic carbocycles. The minimum atomic E-state index is -0.999. The van der Waals surface area contributed by atoms with Gasteiger partial charge in [0, 0.05) is 5.56 Å². The van der Waals surface area contributed by atoms with E-state index in [1.54, 1.807) is 18.2 Å². The second-order valence-corrected chi connectivity index (χ2v) is 4.30. The first kappa shape index (κ1) is 13.6. The Morgan fingerprint density at radius 3 is 2.95 bits per heavy atom. The second-order valence-electron chi connectivity index (χ2n) is 4.30. The van der Waals surface area contributed by atoms with Gasteiger partial charge in [-0.2, -0.15) is 0 Å². The lowest BCUT2D eigenvalue weighted by atomic mass is 9.79. The molecule has 0 aliphatic carbocycles. The van der Waals surface area contributed by atoms with Crippen LogP contribution in [0.25, 0.3) is 0 Å². The lowest BCUT2D eigenvalue weighted by Gasteiger charge is -2.12. The summed E-state index contributed by atoms with van der Waals surface area (Å²) in [5, 5.41) is 12.1. The highest BCUT2D eigenvalue weighted by Crippen LogP contribution is 2.11. The first-order chi connectivity index (χ1) is 9.02. The molecule has 7 heteroatoms. The first-order valence-corrected chi connectivity index (χ1v) is 5.84. The molecule has 2 rings (SSSR count). The maximum atomic E-state index is 11.9. The molecule has 6 nitrogen and oxygen atoms in total. The average molecular weight is 263 g/mol. The Balaban J connectivity index is 2.12. The van der Waals surface area contributed by atoms with Gasteiger partial charge in [-0.1, -0.05) is 6.07 Å². The Morgan fingerprint density at radius 2 is 2.26 bits per heavy atom. The van der Waals surface area contributed by atoms with Gasteiger partial charge in [-0.25, -0.2) is 4.79 Å². The van der Waals surface area contributed by atoms with Crippen LogP contribution in [0.15, 0.2) is 18.2 Å².